The van der Waals surface area contributed by atoms with E-state index in [0.29, 0.717) is 24.7 Å². The number of piperazine rings is 1. The molecule has 5 nitrogen and oxygen atoms in total. The van der Waals surface area contributed by atoms with Gasteiger partial charge in [0.15, 0.2) is 5.78 Å². The maximum atomic E-state index is 12.0. The van der Waals surface area contributed by atoms with Crippen LogP contribution in [0.15, 0.2) is 18.3 Å². The van der Waals surface area contributed by atoms with Gasteiger partial charge in [0.2, 0.25) is 5.91 Å². The monoisotopic (exact) mass is 247 g/mol. The minimum atomic E-state index is 0.123. The molecule has 1 unspecified atom stereocenters. The Labute approximate surface area is 106 Å². The van der Waals surface area contributed by atoms with Crippen LogP contribution in [0.5, 0.6) is 0 Å². The minimum absolute atomic E-state index is 0.123. The second-order valence-electron chi connectivity index (χ2n) is 5.02. The maximum absolute atomic E-state index is 12.0. The van der Waals surface area contributed by atoms with Crippen molar-refractivity contribution in [3.8, 4) is 0 Å². The van der Waals surface area contributed by atoms with Crippen LogP contribution in [0.3, 0.4) is 0 Å². The fourth-order valence-corrected chi connectivity index (χ4v) is 2.86. The Bertz CT molecular complexity index is 455. The number of rotatable bonds is 3. The van der Waals surface area contributed by atoms with Gasteiger partial charge in [-0.3, -0.25) is 14.5 Å². The molecule has 0 radical (unpaired) electrons. The van der Waals surface area contributed by atoms with Crippen molar-refractivity contribution in [2.45, 2.75) is 18.9 Å². The van der Waals surface area contributed by atoms with Crippen LogP contribution in [-0.2, 0) is 4.79 Å². The molecule has 2 aliphatic rings. The van der Waals surface area contributed by atoms with E-state index >= 15 is 0 Å². The number of amides is 1. The highest BCUT2D eigenvalue weighted by Crippen LogP contribution is 2.22. The average molecular weight is 247 g/mol. The van der Waals surface area contributed by atoms with Crippen molar-refractivity contribution in [1.29, 1.82) is 0 Å². The molecule has 3 heterocycles. The van der Waals surface area contributed by atoms with Gasteiger partial charge in [-0.05, 0) is 18.6 Å². The third kappa shape index (κ3) is 2.06. The number of H-pyrrole nitrogens is 1. The molecular weight excluding hydrogens is 230 g/mol. The number of ketones is 1. The van der Waals surface area contributed by atoms with Crippen molar-refractivity contribution >= 4 is 11.7 Å². The van der Waals surface area contributed by atoms with Crippen molar-refractivity contribution < 1.29 is 9.59 Å². The van der Waals surface area contributed by atoms with Crippen LogP contribution in [0.1, 0.15) is 23.3 Å². The molecule has 1 amide bonds. The first-order chi connectivity index (χ1) is 8.74. The van der Waals surface area contributed by atoms with E-state index in [1.165, 1.54) is 0 Å². The number of fused-ring (bicyclic) bond motifs is 1. The van der Waals surface area contributed by atoms with Gasteiger partial charge in [-0.2, -0.15) is 0 Å². The molecule has 2 fully saturated rings. The summed E-state index contributed by atoms with van der Waals surface area (Å²) in [5, 5.41) is 0. The van der Waals surface area contributed by atoms with Crippen molar-refractivity contribution in [2.24, 2.45) is 0 Å². The number of aromatic nitrogens is 1. The molecule has 2 saturated heterocycles. The number of carbonyl (C=O) groups is 2. The maximum Gasteiger partial charge on any atom is 0.222 e. The molecule has 0 aliphatic carbocycles. The molecule has 5 heteroatoms. The molecule has 96 valence electrons. The number of hydrogen-bond donors (Lipinski definition) is 1. The van der Waals surface area contributed by atoms with Gasteiger partial charge < -0.3 is 9.88 Å². The average Bonchev–Trinajstić information content (AvgIpc) is 2.99. The number of nitrogens with one attached hydrogen (secondary N) is 1. The SMILES string of the molecule is O=C(CN1CCN2C(=O)CCC2C1)c1ccc[nH]1. The summed E-state index contributed by atoms with van der Waals surface area (Å²) in [5.74, 6) is 0.396. The van der Waals surface area contributed by atoms with Gasteiger partial charge in [-0.15, -0.1) is 0 Å². The highest BCUT2D eigenvalue weighted by molar-refractivity contribution is 5.95. The summed E-state index contributed by atoms with van der Waals surface area (Å²) in [6.07, 6.45) is 3.37. The lowest BCUT2D eigenvalue weighted by Crippen LogP contribution is -2.52. The molecule has 18 heavy (non-hydrogen) atoms. The Balaban J connectivity index is 1.59. The molecule has 0 spiro atoms. The lowest BCUT2D eigenvalue weighted by Gasteiger charge is -2.37. The normalized spacial score (nSPS) is 24.3. The van der Waals surface area contributed by atoms with Crippen LogP contribution in [0.25, 0.3) is 0 Å². The van der Waals surface area contributed by atoms with E-state index in [0.717, 1.165) is 26.1 Å². The highest BCUT2D eigenvalue weighted by Gasteiger charge is 2.35. The third-order valence-electron chi connectivity index (χ3n) is 3.84. The minimum Gasteiger partial charge on any atom is -0.359 e. The van der Waals surface area contributed by atoms with E-state index in [1.807, 2.05) is 11.0 Å². The summed E-state index contributed by atoms with van der Waals surface area (Å²) in [6.45, 7) is 2.84. The number of hydrogen-bond acceptors (Lipinski definition) is 3. The highest BCUT2D eigenvalue weighted by atomic mass is 16.2. The molecule has 0 bridgehead atoms. The summed E-state index contributed by atoms with van der Waals surface area (Å²) in [7, 11) is 0. The zero-order valence-electron chi connectivity index (χ0n) is 10.3. The van der Waals surface area contributed by atoms with Crippen molar-refractivity contribution in [2.75, 3.05) is 26.2 Å². The molecular formula is C13H17N3O2. The van der Waals surface area contributed by atoms with E-state index < -0.39 is 0 Å². The van der Waals surface area contributed by atoms with E-state index in [1.54, 1.807) is 12.3 Å². The van der Waals surface area contributed by atoms with Crippen LogP contribution in [0.4, 0.5) is 0 Å². The van der Waals surface area contributed by atoms with E-state index in [9.17, 15) is 9.59 Å². The third-order valence-corrected chi connectivity index (χ3v) is 3.84. The van der Waals surface area contributed by atoms with Gasteiger partial charge in [0, 0.05) is 38.3 Å². The second-order valence-corrected chi connectivity index (χ2v) is 5.02. The standard InChI is InChI=1S/C13H17N3O2/c17-12(11-2-1-5-14-11)9-15-6-7-16-10(8-15)3-4-13(16)18/h1-2,5,10,14H,3-4,6-9H2. The van der Waals surface area contributed by atoms with Crippen LogP contribution in [0, 0.1) is 0 Å². The van der Waals surface area contributed by atoms with Crippen LogP contribution in [0.2, 0.25) is 0 Å². The first kappa shape index (κ1) is 11.5. The van der Waals surface area contributed by atoms with Crippen LogP contribution < -0.4 is 0 Å². The van der Waals surface area contributed by atoms with Crippen LogP contribution >= 0.6 is 0 Å². The predicted octanol–water partition coefficient (Wildman–Crippen LogP) is 0.504. The van der Waals surface area contributed by atoms with Crippen molar-refractivity contribution in [1.82, 2.24) is 14.8 Å². The zero-order valence-corrected chi connectivity index (χ0v) is 10.3. The number of carbonyl (C=O) groups excluding carboxylic acids is 2. The fourth-order valence-electron chi connectivity index (χ4n) is 2.86. The van der Waals surface area contributed by atoms with Gasteiger partial charge in [0.05, 0.1) is 12.2 Å². The predicted molar refractivity (Wildman–Crippen MR) is 66.3 cm³/mol. The molecule has 0 saturated carbocycles. The topological polar surface area (TPSA) is 56.4 Å². The Hall–Kier alpha value is -1.62. The van der Waals surface area contributed by atoms with Gasteiger partial charge in [0.1, 0.15) is 0 Å². The number of aromatic amines is 1. The molecule has 3 rings (SSSR count). The summed E-state index contributed by atoms with van der Waals surface area (Å²) in [6, 6.07) is 3.96. The van der Waals surface area contributed by atoms with E-state index in [-0.39, 0.29) is 11.7 Å². The van der Waals surface area contributed by atoms with Crippen LogP contribution in [-0.4, -0.2) is 58.7 Å². The molecule has 2 aliphatic heterocycles. The van der Waals surface area contributed by atoms with Crippen molar-refractivity contribution in [3.63, 3.8) is 0 Å². The molecule has 1 atom stereocenters. The number of nitrogens with zero attached hydrogens (tertiary/aromatic N) is 2. The Kier molecular flexibility index (Phi) is 2.91. The summed E-state index contributed by atoms with van der Waals surface area (Å²) in [4.78, 5) is 30.6. The van der Waals surface area contributed by atoms with Gasteiger partial charge in [-0.25, -0.2) is 0 Å². The molecule has 1 aromatic heterocycles. The number of Topliss-reactive ketones (excluding diaryl/α,β-unsaturated/α-hetero) is 1. The molecule has 1 N–H and O–H groups in total. The van der Waals surface area contributed by atoms with Gasteiger partial charge in [0.25, 0.3) is 0 Å². The summed E-state index contributed by atoms with van der Waals surface area (Å²) in [5.41, 5.74) is 0.667. The summed E-state index contributed by atoms with van der Waals surface area (Å²) < 4.78 is 0. The lowest BCUT2D eigenvalue weighted by atomic mass is 10.1. The van der Waals surface area contributed by atoms with E-state index in [4.69, 9.17) is 0 Å². The smallest absolute Gasteiger partial charge is 0.222 e. The Morgan fingerprint density at radius 1 is 1.44 bits per heavy atom. The Morgan fingerprint density at radius 2 is 2.33 bits per heavy atom. The summed E-state index contributed by atoms with van der Waals surface area (Å²) >= 11 is 0. The largest absolute Gasteiger partial charge is 0.359 e. The second kappa shape index (κ2) is 4.57. The first-order valence-corrected chi connectivity index (χ1v) is 6.42. The zero-order chi connectivity index (χ0) is 12.5. The first-order valence-electron chi connectivity index (χ1n) is 6.42. The Morgan fingerprint density at radius 3 is 3.11 bits per heavy atom. The fraction of sp³-hybridized carbons (Fsp3) is 0.538. The molecule has 1 aromatic rings. The lowest BCUT2D eigenvalue weighted by molar-refractivity contribution is -0.130. The van der Waals surface area contributed by atoms with Crippen molar-refractivity contribution in [3.05, 3.63) is 24.0 Å². The van der Waals surface area contributed by atoms with Gasteiger partial charge >= 0.3 is 0 Å². The molecule has 0 aromatic carbocycles. The van der Waals surface area contributed by atoms with E-state index in [2.05, 4.69) is 9.88 Å². The quantitative estimate of drug-likeness (QED) is 0.792. The van der Waals surface area contributed by atoms with Gasteiger partial charge in [-0.1, -0.05) is 0 Å².